The van der Waals surface area contributed by atoms with Gasteiger partial charge in [0.25, 0.3) is 0 Å². The van der Waals surface area contributed by atoms with Gasteiger partial charge in [-0.15, -0.1) is 0 Å². The van der Waals surface area contributed by atoms with Crippen molar-refractivity contribution in [3.8, 4) is 17.0 Å². The zero-order valence-electron chi connectivity index (χ0n) is 17.8. The first-order chi connectivity index (χ1) is 16.1. The molecule has 0 saturated carbocycles. The van der Waals surface area contributed by atoms with Gasteiger partial charge in [-0.05, 0) is 43.7 Å². The van der Waals surface area contributed by atoms with Crippen molar-refractivity contribution < 1.29 is 4.74 Å². The molecular formula is C24H22Cl2N6O. The highest BCUT2D eigenvalue weighted by Crippen LogP contribution is 2.35. The van der Waals surface area contributed by atoms with E-state index in [1.165, 1.54) is 6.42 Å². The van der Waals surface area contributed by atoms with Crippen LogP contribution in [-0.2, 0) is 0 Å². The standard InChI is InChI=1S/C24H22Cl2N6O/c1-12(22-17(25)10-27-11-18(22)26)33-15-3-5-19-16(7-15)23(32-31-19)13-2-4-20(28-8-13)24-21-6-14(30-21)9-29-24/h2-5,7-8,10-12,14,21,24,29-30H,6,9H2,1H3,(H,31,32)/t12-,14?,21?,24?/m1/s1. The molecule has 0 amide bonds. The number of piperidine rings is 1. The molecule has 7 rings (SSSR count). The number of nitrogens with one attached hydrogen (secondary N) is 3. The van der Waals surface area contributed by atoms with Gasteiger partial charge < -0.3 is 15.4 Å². The van der Waals surface area contributed by atoms with Gasteiger partial charge in [-0.25, -0.2) is 0 Å². The molecule has 4 atom stereocenters. The van der Waals surface area contributed by atoms with Gasteiger partial charge in [-0.1, -0.05) is 23.2 Å². The van der Waals surface area contributed by atoms with E-state index in [4.69, 9.17) is 32.9 Å². The molecule has 3 aliphatic rings. The normalized spacial score (nSPS) is 22.7. The van der Waals surface area contributed by atoms with E-state index < -0.39 is 0 Å². The van der Waals surface area contributed by atoms with Crippen molar-refractivity contribution in [3.05, 3.63) is 70.2 Å². The Morgan fingerprint density at radius 2 is 1.91 bits per heavy atom. The second kappa shape index (κ2) is 8.25. The zero-order valence-corrected chi connectivity index (χ0v) is 19.4. The van der Waals surface area contributed by atoms with Crippen LogP contribution in [-0.4, -0.2) is 38.8 Å². The van der Waals surface area contributed by atoms with Crippen LogP contribution in [0.2, 0.25) is 10.0 Å². The average Bonchev–Trinajstić information content (AvgIpc) is 3.22. The molecule has 9 heteroatoms. The lowest BCUT2D eigenvalue weighted by atomic mass is 9.84. The minimum absolute atomic E-state index is 0.258. The molecule has 0 spiro atoms. The number of pyridine rings is 2. The highest BCUT2D eigenvalue weighted by molar-refractivity contribution is 6.35. The van der Waals surface area contributed by atoms with Crippen LogP contribution in [0.25, 0.3) is 22.2 Å². The highest BCUT2D eigenvalue weighted by atomic mass is 35.5. The van der Waals surface area contributed by atoms with Crippen LogP contribution in [0.15, 0.2) is 48.9 Å². The number of piperazine rings is 1. The van der Waals surface area contributed by atoms with Crippen LogP contribution in [0.4, 0.5) is 0 Å². The molecule has 1 aromatic carbocycles. The maximum Gasteiger partial charge on any atom is 0.124 e. The number of hydrogen-bond acceptors (Lipinski definition) is 6. The number of H-pyrrole nitrogens is 1. The molecule has 3 unspecified atom stereocenters. The fourth-order valence-corrected chi connectivity index (χ4v) is 5.44. The Balaban J connectivity index is 1.27. The lowest BCUT2D eigenvalue weighted by Gasteiger charge is -2.48. The Morgan fingerprint density at radius 3 is 2.61 bits per heavy atom. The summed E-state index contributed by atoms with van der Waals surface area (Å²) in [6.07, 6.45) is 5.90. The quantitative estimate of drug-likeness (QED) is 0.378. The lowest BCUT2D eigenvalue weighted by molar-refractivity contribution is 0.144. The van der Waals surface area contributed by atoms with Gasteiger partial charge in [0.1, 0.15) is 17.5 Å². The van der Waals surface area contributed by atoms with Crippen molar-refractivity contribution in [2.24, 2.45) is 0 Å². The number of aromatic nitrogens is 4. The minimum atomic E-state index is -0.343. The van der Waals surface area contributed by atoms with Gasteiger partial charge in [0.2, 0.25) is 0 Å². The van der Waals surface area contributed by atoms with E-state index in [0.29, 0.717) is 33.4 Å². The van der Waals surface area contributed by atoms with Crippen LogP contribution in [0, 0.1) is 0 Å². The first-order valence-corrected chi connectivity index (χ1v) is 11.7. The molecule has 0 radical (unpaired) electrons. The summed E-state index contributed by atoms with van der Waals surface area (Å²) in [5.41, 5.74) is 4.47. The zero-order chi connectivity index (χ0) is 22.5. The topological polar surface area (TPSA) is 87.8 Å². The largest absolute Gasteiger partial charge is 0.486 e. The smallest absolute Gasteiger partial charge is 0.124 e. The molecule has 3 aliphatic heterocycles. The minimum Gasteiger partial charge on any atom is -0.486 e. The van der Waals surface area contributed by atoms with Crippen molar-refractivity contribution in [3.63, 3.8) is 0 Å². The second-order valence-electron chi connectivity index (χ2n) is 8.62. The maximum absolute atomic E-state index is 6.30. The summed E-state index contributed by atoms with van der Waals surface area (Å²) in [6, 6.07) is 11.3. The summed E-state index contributed by atoms with van der Waals surface area (Å²) >= 11 is 12.6. The summed E-state index contributed by atoms with van der Waals surface area (Å²) < 4.78 is 6.18. The molecule has 0 aliphatic carbocycles. The molecule has 3 N–H and O–H groups in total. The molecule has 3 fully saturated rings. The van der Waals surface area contributed by atoms with Crippen molar-refractivity contribution in [2.75, 3.05) is 6.54 Å². The molecular weight excluding hydrogens is 459 g/mol. The van der Waals surface area contributed by atoms with E-state index in [-0.39, 0.29) is 12.1 Å². The third-order valence-corrected chi connectivity index (χ3v) is 7.10. The first kappa shape index (κ1) is 20.9. The monoisotopic (exact) mass is 480 g/mol. The Labute approximate surface area is 200 Å². The summed E-state index contributed by atoms with van der Waals surface area (Å²) in [4.78, 5) is 8.76. The van der Waals surface area contributed by atoms with Crippen molar-refractivity contribution in [2.45, 2.75) is 37.6 Å². The van der Waals surface area contributed by atoms with Gasteiger partial charge >= 0.3 is 0 Å². The van der Waals surface area contributed by atoms with Crippen LogP contribution in [0.5, 0.6) is 5.75 Å². The van der Waals surface area contributed by atoms with Gasteiger partial charge in [0.15, 0.2) is 0 Å². The number of rotatable bonds is 5. The molecule has 2 bridgehead atoms. The molecule has 7 nitrogen and oxygen atoms in total. The lowest BCUT2D eigenvalue weighted by Crippen LogP contribution is -2.66. The van der Waals surface area contributed by atoms with Crippen molar-refractivity contribution >= 4 is 34.1 Å². The van der Waals surface area contributed by atoms with Crippen LogP contribution in [0.1, 0.15) is 36.7 Å². The van der Waals surface area contributed by atoms with Crippen LogP contribution in [0.3, 0.4) is 0 Å². The Kier molecular flexibility index (Phi) is 5.22. The number of benzene rings is 1. The van der Waals surface area contributed by atoms with Gasteiger partial charge in [0.05, 0.1) is 27.3 Å². The molecule has 33 heavy (non-hydrogen) atoms. The van der Waals surface area contributed by atoms with E-state index in [0.717, 1.165) is 34.4 Å². The summed E-state index contributed by atoms with van der Waals surface area (Å²) in [5.74, 6) is 0.697. The summed E-state index contributed by atoms with van der Waals surface area (Å²) in [7, 11) is 0. The van der Waals surface area contributed by atoms with Gasteiger partial charge in [0, 0.05) is 53.7 Å². The van der Waals surface area contributed by atoms with E-state index in [1.807, 2.05) is 31.3 Å². The number of fused-ring (bicyclic) bond motifs is 3. The highest BCUT2D eigenvalue weighted by Gasteiger charge is 2.40. The second-order valence-corrected chi connectivity index (χ2v) is 9.43. The Bertz CT molecular complexity index is 1300. The molecule has 3 aromatic heterocycles. The van der Waals surface area contributed by atoms with Crippen LogP contribution >= 0.6 is 23.2 Å². The Hall–Kier alpha value is -2.71. The summed E-state index contributed by atoms with van der Waals surface area (Å²) in [5, 5.41) is 16.7. The molecule has 4 aromatic rings. The molecule has 168 valence electrons. The number of nitrogens with zero attached hydrogens (tertiary/aromatic N) is 3. The first-order valence-electron chi connectivity index (χ1n) is 11.0. The maximum atomic E-state index is 6.30. The molecule has 3 saturated heterocycles. The number of aromatic amines is 1. The SMILES string of the molecule is C[C@@H](Oc1ccc2[nH]nc(-c3ccc(C4NCC5CC4N5)nc3)c2c1)c1c(Cl)cncc1Cl. The Morgan fingerprint density at radius 1 is 1.09 bits per heavy atom. The number of halogens is 2. The third-order valence-electron chi connectivity index (χ3n) is 6.50. The van der Waals surface area contributed by atoms with Gasteiger partial charge in [-0.2, -0.15) is 5.10 Å². The molecule has 6 heterocycles. The fourth-order valence-electron chi connectivity index (χ4n) is 4.77. The van der Waals surface area contributed by atoms with Gasteiger partial charge in [-0.3, -0.25) is 15.1 Å². The van der Waals surface area contributed by atoms with Crippen molar-refractivity contribution in [1.29, 1.82) is 0 Å². The average molecular weight is 481 g/mol. The predicted octanol–water partition coefficient (Wildman–Crippen LogP) is 4.84. The van der Waals surface area contributed by atoms with E-state index in [1.54, 1.807) is 12.4 Å². The van der Waals surface area contributed by atoms with Crippen LogP contribution < -0.4 is 15.4 Å². The number of ether oxygens (including phenoxy) is 1. The van der Waals surface area contributed by atoms with E-state index >= 15 is 0 Å². The number of hydrogen-bond donors (Lipinski definition) is 3. The third kappa shape index (κ3) is 3.75. The predicted molar refractivity (Wildman–Crippen MR) is 129 cm³/mol. The van der Waals surface area contributed by atoms with E-state index in [9.17, 15) is 0 Å². The van der Waals surface area contributed by atoms with Crippen molar-refractivity contribution in [1.82, 2.24) is 30.8 Å². The van der Waals surface area contributed by atoms with E-state index in [2.05, 4.69) is 37.9 Å². The summed E-state index contributed by atoms with van der Waals surface area (Å²) in [6.45, 7) is 2.90. The fraction of sp³-hybridized carbons (Fsp3) is 0.292.